The molecule has 0 radical (unpaired) electrons. The Morgan fingerprint density at radius 1 is 1.35 bits per heavy atom. The van der Waals surface area contributed by atoms with Gasteiger partial charge in [-0.1, -0.05) is 17.8 Å². The Kier molecular flexibility index (Phi) is 6.67. The average molecular weight is 383 g/mol. The fourth-order valence-electron chi connectivity index (χ4n) is 2.27. The Bertz CT molecular complexity index is 812. The highest BCUT2D eigenvalue weighted by Crippen LogP contribution is 2.19. The van der Waals surface area contributed by atoms with Crippen molar-refractivity contribution in [2.75, 3.05) is 5.75 Å². The van der Waals surface area contributed by atoms with Crippen LogP contribution in [0.5, 0.6) is 0 Å². The molecule has 2 rings (SSSR count). The van der Waals surface area contributed by atoms with E-state index in [9.17, 15) is 18.4 Å². The van der Waals surface area contributed by atoms with Gasteiger partial charge in [0.2, 0.25) is 11.8 Å². The fraction of sp³-hybridized carbons (Fsp3) is 0.375. The molecule has 0 aliphatic rings. The Labute approximate surface area is 153 Å². The summed E-state index contributed by atoms with van der Waals surface area (Å²) in [7, 11) is 1.73. The van der Waals surface area contributed by atoms with Crippen molar-refractivity contribution in [3.63, 3.8) is 0 Å². The summed E-state index contributed by atoms with van der Waals surface area (Å²) in [6.07, 6.45) is 0.532. The zero-order valence-electron chi connectivity index (χ0n) is 14.3. The number of benzene rings is 1. The maximum Gasteiger partial charge on any atom is 0.230 e. The van der Waals surface area contributed by atoms with Gasteiger partial charge in [-0.25, -0.2) is 8.78 Å². The van der Waals surface area contributed by atoms with Crippen molar-refractivity contribution in [1.82, 2.24) is 20.1 Å². The number of carbonyl (C=O) groups excluding carboxylic acids is 2. The molecule has 1 atom stereocenters. The SMILES string of the molecule is C[C@@H](NC(=O)CSc1nnc(CCC(N)=O)n1C)c1ccc(F)cc1F. The third-order valence-corrected chi connectivity index (χ3v) is 4.68. The van der Waals surface area contributed by atoms with Gasteiger partial charge in [0, 0.05) is 31.5 Å². The van der Waals surface area contributed by atoms with E-state index in [1.807, 2.05) is 0 Å². The lowest BCUT2D eigenvalue weighted by Crippen LogP contribution is -2.28. The van der Waals surface area contributed by atoms with Crippen LogP contribution < -0.4 is 11.1 Å². The van der Waals surface area contributed by atoms with Crippen LogP contribution in [-0.2, 0) is 23.1 Å². The summed E-state index contributed by atoms with van der Waals surface area (Å²) in [5.74, 6) is -1.49. The summed E-state index contributed by atoms with van der Waals surface area (Å²) in [4.78, 5) is 22.9. The lowest BCUT2D eigenvalue weighted by Gasteiger charge is -2.15. The average Bonchev–Trinajstić information content (AvgIpc) is 2.91. The molecule has 0 aliphatic heterocycles. The molecular weight excluding hydrogens is 364 g/mol. The first-order valence-electron chi connectivity index (χ1n) is 7.81. The van der Waals surface area contributed by atoms with E-state index in [1.165, 1.54) is 6.07 Å². The van der Waals surface area contributed by atoms with Gasteiger partial charge in [-0.2, -0.15) is 0 Å². The topological polar surface area (TPSA) is 103 Å². The number of amides is 2. The van der Waals surface area contributed by atoms with Crippen LogP contribution in [0.2, 0.25) is 0 Å². The minimum atomic E-state index is -0.710. The van der Waals surface area contributed by atoms with Crippen LogP contribution >= 0.6 is 11.8 Å². The van der Waals surface area contributed by atoms with Crippen molar-refractivity contribution in [3.8, 4) is 0 Å². The number of aryl methyl sites for hydroxylation is 1. The molecule has 0 saturated carbocycles. The van der Waals surface area contributed by atoms with E-state index in [4.69, 9.17) is 5.73 Å². The van der Waals surface area contributed by atoms with Gasteiger partial charge in [-0.15, -0.1) is 10.2 Å². The van der Waals surface area contributed by atoms with Crippen molar-refractivity contribution in [1.29, 1.82) is 0 Å². The first kappa shape index (κ1) is 19.8. The molecule has 3 N–H and O–H groups in total. The maximum absolute atomic E-state index is 13.7. The highest BCUT2D eigenvalue weighted by atomic mass is 32.2. The highest BCUT2D eigenvalue weighted by Gasteiger charge is 2.16. The van der Waals surface area contributed by atoms with Gasteiger partial charge < -0.3 is 15.6 Å². The van der Waals surface area contributed by atoms with Gasteiger partial charge in [-0.05, 0) is 13.0 Å². The summed E-state index contributed by atoms with van der Waals surface area (Å²) in [5, 5.41) is 11.1. The lowest BCUT2D eigenvalue weighted by atomic mass is 10.1. The van der Waals surface area contributed by atoms with E-state index in [-0.39, 0.29) is 23.6 Å². The van der Waals surface area contributed by atoms with E-state index < -0.39 is 23.6 Å². The van der Waals surface area contributed by atoms with Crippen LogP contribution in [0.25, 0.3) is 0 Å². The summed E-state index contributed by atoms with van der Waals surface area (Å²) in [6, 6.07) is 2.62. The van der Waals surface area contributed by atoms with E-state index in [0.717, 1.165) is 23.9 Å². The largest absolute Gasteiger partial charge is 0.370 e. The first-order valence-corrected chi connectivity index (χ1v) is 8.80. The number of carbonyl (C=O) groups is 2. The van der Waals surface area contributed by atoms with Crippen molar-refractivity contribution in [2.45, 2.75) is 31.0 Å². The van der Waals surface area contributed by atoms with Crippen LogP contribution in [0.15, 0.2) is 23.4 Å². The molecule has 1 aromatic heterocycles. The Morgan fingerprint density at radius 3 is 2.73 bits per heavy atom. The van der Waals surface area contributed by atoms with E-state index in [0.29, 0.717) is 17.4 Å². The van der Waals surface area contributed by atoms with Crippen LogP contribution in [0, 0.1) is 11.6 Å². The molecule has 0 unspecified atom stereocenters. The van der Waals surface area contributed by atoms with Gasteiger partial charge in [0.15, 0.2) is 5.16 Å². The Balaban J connectivity index is 1.89. The van der Waals surface area contributed by atoms with E-state index >= 15 is 0 Å². The second kappa shape index (κ2) is 8.75. The zero-order valence-corrected chi connectivity index (χ0v) is 15.1. The zero-order chi connectivity index (χ0) is 19.3. The van der Waals surface area contributed by atoms with Gasteiger partial charge in [0.1, 0.15) is 17.5 Å². The van der Waals surface area contributed by atoms with Crippen LogP contribution in [-0.4, -0.2) is 32.3 Å². The molecule has 140 valence electrons. The fourth-order valence-corrected chi connectivity index (χ4v) is 3.01. The number of halogens is 2. The smallest absolute Gasteiger partial charge is 0.230 e. The number of nitrogens with two attached hydrogens (primary N) is 1. The number of hydrogen-bond donors (Lipinski definition) is 2. The molecule has 0 aliphatic carbocycles. The predicted octanol–water partition coefficient (Wildman–Crippen LogP) is 1.48. The van der Waals surface area contributed by atoms with Gasteiger partial charge in [0.05, 0.1) is 11.8 Å². The van der Waals surface area contributed by atoms with Crippen LogP contribution in [0.1, 0.15) is 30.8 Å². The predicted molar refractivity (Wildman–Crippen MR) is 92.2 cm³/mol. The molecule has 7 nitrogen and oxygen atoms in total. The van der Waals surface area contributed by atoms with Gasteiger partial charge in [0.25, 0.3) is 0 Å². The van der Waals surface area contributed by atoms with Gasteiger partial charge in [-0.3, -0.25) is 9.59 Å². The summed E-state index contributed by atoms with van der Waals surface area (Å²) in [6.45, 7) is 1.61. The van der Waals surface area contributed by atoms with Crippen molar-refractivity contribution in [3.05, 3.63) is 41.2 Å². The third kappa shape index (κ3) is 5.25. The maximum atomic E-state index is 13.7. The highest BCUT2D eigenvalue weighted by molar-refractivity contribution is 7.99. The second-order valence-corrected chi connectivity index (χ2v) is 6.61. The van der Waals surface area contributed by atoms with Crippen LogP contribution in [0.3, 0.4) is 0 Å². The molecule has 2 aromatic rings. The molecule has 2 amide bonds. The second-order valence-electron chi connectivity index (χ2n) is 5.67. The number of thioether (sulfide) groups is 1. The molecule has 0 saturated heterocycles. The van der Waals surface area contributed by atoms with E-state index in [2.05, 4.69) is 15.5 Å². The molecular formula is C16H19F2N5O2S. The van der Waals surface area contributed by atoms with E-state index in [1.54, 1.807) is 18.5 Å². The van der Waals surface area contributed by atoms with Crippen molar-refractivity contribution < 1.29 is 18.4 Å². The minimum absolute atomic E-state index is 0.0505. The number of rotatable bonds is 8. The molecule has 26 heavy (non-hydrogen) atoms. The monoisotopic (exact) mass is 383 g/mol. The number of primary amides is 1. The van der Waals surface area contributed by atoms with Gasteiger partial charge >= 0.3 is 0 Å². The number of hydrogen-bond acceptors (Lipinski definition) is 5. The normalized spacial score (nSPS) is 12.0. The summed E-state index contributed by atoms with van der Waals surface area (Å²) < 4.78 is 28.4. The van der Waals surface area contributed by atoms with Crippen molar-refractivity contribution in [2.24, 2.45) is 12.8 Å². The third-order valence-electron chi connectivity index (χ3n) is 3.66. The molecule has 0 fully saturated rings. The summed E-state index contributed by atoms with van der Waals surface area (Å²) in [5.41, 5.74) is 5.31. The molecule has 1 aromatic carbocycles. The molecule has 0 spiro atoms. The van der Waals surface area contributed by atoms with Crippen LogP contribution in [0.4, 0.5) is 8.78 Å². The minimum Gasteiger partial charge on any atom is -0.370 e. The molecule has 1 heterocycles. The molecule has 0 bridgehead atoms. The summed E-state index contributed by atoms with van der Waals surface area (Å²) >= 11 is 1.16. The Hall–Kier alpha value is -2.49. The number of nitrogens with zero attached hydrogens (tertiary/aromatic N) is 3. The first-order chi connectivity index (χ1) is 12.3. The van der Waals surface area contributed by atoms with Crippen molar-refractivity contribution >= 4 is 23.6 Å². The Morgan fingerprint density at radius 2 is 2.08 bits per heavy atom. The lowest BCUT2D eigenvalue weighted by molar-refractivity contribution is -0.119. The number of aromatic nitrogens is 3. The standard InChI is InChI=1S/C16H19F2N5O2S/c1-9(11-4-3-10(17)7-12(11)18)20-15(25)8-26-16-22-21-14(23(16)2)6-5-13(19)24/h3-4,7,9H,5-6,8H2,1-2H3,(H2,19,24)(H,20,25)/t9-/m1/s1. The molecule has 10 heteroatoms. The quantitative estimate of drug-likeness (QED) is 0.672. The number of nitrogens with one attached hydrogen (secondary N) is 1.